The number of benzene rings is 1. The molecule has 4 N–H and O–H groups in total. The number of anilines is 2. The second kappa shape index (κ2) is 6.69. The van der Waals surface area contributed by atoms with Crippen molar-refractivity contribution in [3.8, 4) is 0 Å². The highest BCUT2D eigenvalue weighted by Crippen LogP contribution is 2.43. The Hall–Kier alpha value is -2.68. The third kappa shape index (κ3) is 3.04. The number of aromatic carboxylic acids is 1. The number of hydrogen-bond acceptors (Lipinski definition) is 5. The van der Waals surface area contributed by atoms with Gasteiger partial charge in [0.15, 0.2) is 11.6 Å². The number of carboxylic acids is 1. The molecule has 7 nitrogen and oxygen atoms in total. The van der Waals surface area contributed by atoms with E-state index in [0.29, 0.717) is 19.6 Å². The van der Waals surface area contributed by atoms with Gasteiger partial charge in [-0.1, -0.05) is 6.92 Å². The molecular weight excluding hydrogens is 382 g/mol. The Balaban J connectivity index is 1.98. The lowest BCUT2D eigenvalue weighted by Gasteiger charge is -2.27. The van der Waals surface area contributed by atoms with E-state index in [4.69, 9.17) is 5.73 Å². The average molecular weight is 406 g/mol. The van der Waals surface area contributed by atoms with Crippen molar-refractivity contribution >= 4 is 28.2 Å². The highest BCUT2D eigenvalue weighted by atomic mass is 19.1. The third-order valence-corrected chi connectivity index (χ3v) is 6.01. The van der Waals surface area contributed by atoms with Gasteiger partial charge >= 0.3 is 5.97 Å². The second-order valence-electron chi connectivity index (χ2n) is 8.44. The number of carboxylic acid groups (broad SMARTS) is 1. The number of rotatable bonds is 5. The van der Waals surface area contributed by atoms with Crippen molar-refractivity contribution in [2.75, 3.05) is 37.3 Å². The van der Waals surface area contributed by atoms with Gasteiger partial charge in [0.2, 0.25) is 5.43 Å². The molecule has 2 fully saturated rings. The molecule has 156 valence electrons. The minimum Gasteiger partial charge on any atom is -0.477 e. The molecule has 0 bridgehead atoms. The third-order valence-electron chi connectivity index (χ3n) is 6.01. The standard InChI is InChI=1S/C20H24F2N4O3/c1-20(8-24-2)5-6-25(9-20)17-13(21)15(23)12-16(14(17)22)26(10-3-4-10)7-11(18(12)27)19(28)29/h7,10,24H,3-6,8-9,23H2,1-2H3,(H,28,29). The van der Waals surface area contributed by atoms with E-state index in [-0.39, 0.29) is 22.7 Å². The molecule has 1 unspecified atom stereocenters. The van der Waals surface area contributed by atoms with E-state index in [9.17, 15) is 14.7 Å². The van der Waals surface area contributed by atoms with Crippen LogP contribution >= 0.6 is 0 Å². The molecule has 29 heavy (non-hydrogen) atoms. The Labute approximate surface area is 166 Å². The van der Waals surface area contributed by atoms with Crippen LogP contribution in [0.4, 0.5) is 20.2 Å². The van der Waals surface area contributed by atoms with Gasteiger partial charge in [-0.15, -0.1) is 0 Å². The summed E-state index contributed by atoms with van der Waals surface area (Å²) in [4.78, 5) is 25.8. The van der Waals surface area contributed by atoms with E-state index in [1.807, 2.05) is 14.0 Å². The van der Waals surface area contributed by atoms with Crippen LogP contribution in [0.1, 0.15) is 42.6 Å². The molecule has 0 amide bonds. The molecule has 9 heteroatoms. The van der Waals surface area contributed by atoms with Crippen LogP contribution in [0, 0.1) is 17.0 Å². The molecule has 2 aliphatic rings. The number of carbonyl (C=O) groups is 1. The molecular formula is C20H24F2N4O3. The number of aromatic nitrogens is 1. The fraction of sp³-hybridized carbons (Fsp3) is 0.500. The molecule has 1 aromatic heterocycles. The zero-order chi connectivity index (χ0) is 21.1. The molecule has 0 radical (unpaired) electrons. The molecule has 2 heterocycles. The van der Waals surface area contributed by atoms with Crippen molar-refractivity contribution in [3.05, 3.63) is 33.6 Å². The Kier molecular flexibility index (Phi) is 4.53. The first-order valence-corrected chi connectivity index (χ1v) is 9.66. The van der Waals surface area contributed by atoms with Gasteiger partial charge in [0.1, 0.15) is 11.3 Å². The van der Waals surface area contributed by atoms with Gasteiger partial charge in [-0.05, 0) is 31.7 Å². The van der Waals surface area contributed by atoms with E-state index >= 15 is 8.78 Å². The zero-order valence-corrected chi connectivity index (χ0v) is 16.4. The number of hydrogen-bond donors (Lipinski definition) is 3. The monoisotopic (exact) mass is 406 g/mol. The maximum absolute atomic E-state index is 15.7. The lowest BCUT2D eigenvalue weighted by molar-refractivity contribution is 0.0695. The zero-order valence-electron chi connectivity index (χ0n) is 16.4. The minimum absolute atomic E-state index is 0.112. The number of nitrogens with one attached hydrogen (secondary N) is 1. The summed E-state index contributed by atoms with van der Waals surface area (Å²) in [6.07, 6.45) is 3.36. The van der Waals surface area contributed by atoms with Gasteiger partial charge in [-0.25, -0.2) is 13.6 Å². The van der Waals surface area contributed by atoms with Gasteiger partial charge in [-0.2, -0.15) is 0 Å². The van der Waals surface area contributed by atoms with Gasteiger partial charge in [0.25, 0.3) is 0 Å². The summed E-state index contributed by atoms with van der Waals surface area (Å²) in [5.41, 5.74) is 3.45. The molecule has 1 aliphatic carbocycles. The molecule has 4 rings (SSSR count). The quantitative estimate of drug-likeness (QED) is 0.659. The fourth-order valence-corrected chi connectivity index (χ4v) is 4.41. The maximum atomic E-state index is 15.7. The van der Waals surface area contributed by atoms with Crippen molar-refractivity contribution in [2.24, 2.45) is 5.41 Å². The second-order valence-corrected chi connectivity index (χ2v) is 8.44. The molecule has 1 aromatic carbocycles. The predicted molar refractivity (Wildman–Crippen MR) is 107 cm³/mol. The van der Waals surface area contributed by atoms with E-state index in [1.54, 1.807) is 4.90 Å². The first kappa shape index (κ1) is 19.6. The number of nitrogen functional groups attached to an aromatic ring is 1. The van der Waals surface area contributed by atoms with Crippen LogP contribution in [0.3, 0.4) is 0 Å². The van der Waals surface area contributed by atoms with E-state index in [1.165, 1.54) is 4.57 Å². The van der Waals surface area contributed by atoms with Crippen LogP contribution in [-0.2, 0) is 0 Å². The Morgan fingerprint density at radius 3 is 2.66 bits per heavy atom. The van der Waals surface area contributed by atoms with E-state index in [0.717, 1.165) is 25.5 Å². The predicted octanol–water partition coefficient (Wildman–Crippen LogP) is 2.33. The average Bonchev–Trinajstić information content (AvgIpc) is 3.43. The van der Waals surface area contributed by atoms with Gasteiger partial charge in [0, 0.05) is 31.9 Å². The summed E-state index contributed by atoms with van der Waals surface area (Å²) in [6, 6.07) is -0.128. The summed E-state index contributed by atoms with van der Waals surface area (Å²) in [5, 5.41) is 12.1. The Morgan fingerprint density at radius 2 is 2.07 bits per heavy atom. The van der Waals surface area contributed by atoms with Gasteiger partial charge in [0.05, 0.1) is 16.6 Å². The highest BCUT2D eigenvalue weighted by Gasteiger charge is 2.38. The number of pyridine rings is 1. The fourth-order valence-electron chi connectivity index (χ4n) is 4.41. The van der Waals surface area contributed by atoms with Crippen molar-refractivity contribution in [3.63, 3.8) is 0 Å². The molecule has 0 spiro atoms. The smallest absolute Gasteiger partial charge is 0.341 e. The number of nitrogens with zero attached hydrogens (tertiary/aromatic N) is 2. The minimum atomic E-state index is -1.45. The largest absolute Gasteiger partial charge is 0.477 e. The highest BCUT2D eigenvalue weighted by molar-refractivity contribution is 5.99. The summed E-state index contributed by atoms with van der Waals surface area (Å²) < 4.78 is 32.4. The van der Waals surface area contributed by atoms with Crippen molar-refractivity contribution in [1.29, 1.82) is 0 Å². The first-order chi connectivity index (χ1) is 13.7. The van der Waals surface area contributed by atoms with Crippen molar-refractivity contribution in [2.45, 2.75) is 32.2 Å². The number of halogens is 2. The summed E-state index contributed by atoms with van der Waals surface area (Å²) >= 11 is 0. The first-order valence-electron chi connectivity index (χ1n) is 9.66. The Morgan fingerprint density at radius 1 is 1.38 bits per heavy atom. The summed E-state index contributed by atoms with van der Waals surface area (Å²) in [6.45, 7) is 3.64. The topological polar surface area (TPSA) is 101 Å². The Bertz CT molecular complexity index is 1080. The number of nitrogens with two attached hydrogens (primary N) is 1. The molecule has 1 saturated carbocycles. The molecule has 2 aromatic rings. The van der Waals surface area contributed by atoms with Crippen LogP contribution in [0.2, 0.25) is 0 Å². The van der Waals surface area contributed by atoms with Crippen LogP contribution in [0.25, 0.3) is 10.9 Å². The number of fused-ring (bicyclic) bond motifs is 1. The lowest BCUT2D eigenvalue weighted by atomic mass is 9.90. The van der Waals surface area contributed by atoms with E-state index in [2.05, 4.69) is 5.32 Å². The molecule has 1 atom stereocenters. The van der Waals surface area contributed by atoms with Crippen molar-refractivity contribution < 1.29 is 18.7 Å². The van der Waals surface area contributed by atoms with Crippen LogP contribution < -0.4 is 21.4 Å². The van der Waals surface area contributed by atoms with Gasteiger partial charge < -0.3 is 25.6 Å². The van der Waals surface area contributed by atoms with Crippen LogP contribution in [0.5, 0.6) is 0 Å². The SMILES string of the molecule is CNCC1(C)CCN(c2c(F)c(N)c3c(=O)c(C(=O)O)cn(C4CC4)c3c2F)C1. The van der Waals surface area contributed by atoms with Crippen LogP contribution in [-0.4, -0.2) is 42.3 Å². The van der Waals surface area contributed by atoms with Gasteiger partial charge in [-0.3, -0.25) is 4.79 Å². The molecule has 1 aliphatic heterocycles. The lowest BCUT2D eigenvalue weighted by Crippen LogP contribution is -2.34. The van der Waals surface area contributed by atoms with Crippen LogP contribution in [0.15, 0.2) is 11.0 Å². The maximum Gasteiger partial charge on any atom is 0.341 e. The van der Waals surface area contributed by atoms with Crippen molar-refractivity contribution in [1.82, 2.24) is 9.88 Å². The normalized spacial score (nSPS) is 21.9. The summed E-state index contributed by atoms with van der Waals surface area (Å²) in [5.74, 6) is -3.31. The molecule has 1 saturated heterocycles. The summed E-state index contributed by atoms with van der Waals surface area (Å²) in [7, 11) is 1.83. The van der Waals surface area contributed by atoms with E-state index < -0.39 is 39.7 Å².